The van der Waals surface area contributed by atoms with E-state index in [1.54, 1.807) is 0 Å². The van der Waals surface area contributed by atoms with Crippen LogP contribution in [-0.2, 0) is 15.7 Å². The fourth-order valence-corrected chi connectivity index (χ4v) is 2.01. The van der Waals surface area contributed by atoms with Crippen LogP contribution < -0.4 is 5.73 Å². The molecule has 1 aliphatic rings. The Morgan fingerprint density at radius 3 is 2.32 bits per heavy atom. The second-order valence-electron chi connectivity index (χ2n) is 4.41. The Balaban J connectivity index is 0.00000180. The molecule has 2 unspecified atom stereocenters. The van der Waals surface area contributed by atoms with Crippen LogP contribution in [0, 0.1) is 0 Å². The molecule has 1 fully saturated rings. The molecule has 0 radical (unpaired) electrons. The maximum atomic E-state index is 12.4. The molecule has 1 aromatic rings. The highest BCUT2D eigenvalue weighted by atomic mass is 35.5. The fraction of sp³-hybridized carbons (Fsp3) is 0.417. The normalized spacial score (nSPS) is 25.4. The first-order chi connectivity index (χ1) is 8.29. The van der Waals surface area contributed by atoms with Crippen LogP contribution >= 0.6 is 12.4 Å². The fourth-order valence-electron chi connectivity index (χ4n) is 2.01. The van der Waals surface area contributed by atoms with Gasteiger partial charge in [0.1, 0.15) is 5.54 Å². The third kappa shape index (κ3) is 2.84. The molecule has 2 atom stereocenters. The predicted molar refractivity (Wildman–Crippen MR) is 65.0 cm³/mol. The van der Waals surface area contributed by atoms with Gasteiger partial charge >= 0.3 is 12.1 Å². The Morgan fingerprint density at radius 1 is 1.37 bits per heavy atom. The molecule has 1 aliphatic carbocycles. The van der Waals surface area contributed by atoms with Crippen LogP contribution in [0.2, 0.25) is 0 Å². The summed E-state index contributed by atoms with van der Waals surface area (Å²) in [6, 6.07) is 4.69. The van der Waals surface area contributed by atoms with Gasteiger partial charge in [-0.05, 0) is 24.1 Å². The second kappa shape index (κ2) is 5.02. The zero-order valence-corrected chi connectivity index (χ0v) is 10.8. The molecular weight excluding hydrogens is 283 g/mol. The highest BCUT2D eigenvalue weighted by molar-refractivity contribution is 5.86. The third-order valence-corrected chi connectivity index (χ3v) is 3.21. The van der Waals surface area contributed by atoms with Crippen molar-refractivity contribution in [2.45, 2.75) is 24.1 Å². The van der Waals surface area contributed by atoms with Gasteiger partial charge in [-0.3, -0.25) is 4.79 Å². The van der Waals surface area contributed by atoms with E-state index in [0.717, 1.165) is 12.1 Å². The van der Waals surface area contributed by atoms with Gasteiger partial charge in [0.15, 0.2) is 0 Å². The number of methoxy groups -OCH3 is 1. The Bertz CT molecular complexity index is 475. The molecule has 0 saturated heterocycles. The average molecular weight is 296 g/mol. The van der Waals surface area contributed by atoms with Gasteiger partial charge in [-0.15, -0.1) is 12.4 Å². The monoisotopic (exact) mass is 295 g/mol. The molecule has 106 valence electrons. The Labute approximate surface area is 114 Å². The zero-order chi connectivity index (χ0) is 13.6. The van der Waals surface area contributed by atoms with E-state index in [2.05, 4.69) is 4.74 Å². The number of carbonyl (C=O) groups is 1. The molecule has 0 amide bonds. The molecular formula is C12H13ClF3NO2. The standard InChI is InChI=1S/C12H12F3NO2.ClH/c1-18-10(17)11(16)6-9(11)7-2-4-8(5-3-7)12(13,14)15;/h2-5,9H,6,16H2,1H3;1H. The topological polar surface area (TPSA) is 52.3 Å². The van der Waals surface area contributed by atoms with Crippen molar-refractivity contribution < 1.29 is 22.7 Å². The predicted octanol–water partition coefficient (Wildman–Crippen LogP) is 2.49. The third-order valence-electron chi connectivity index (χ3n) is 3.21. The van der Waals surface area contributed by atoms with Gasteiger partial charge in [0.25, 0.3) is 0 Å². The number of ether oxygens (including phenoxy) is 1. The van der Waals surface area contributed by atoms with Crippen molar-refractivity contribution in [1.82, 2.24) is 0 Å². The number of halogens is 4. The lowest BCUT2D eigenvalue weighted by Gasteiger charge is -2.10. The van der Waals surface area contributed by atoms with Gasteiger partial charge in [0.05, 0.1) is 12.7 Å². The number of carbonyl (C=O) groups excluding carboxylic acids is 1. The van der Waals surface area contributed by atoms with Gasteiger partial charge in [-0.25, -0.2) is 0 Å². The van der Waals surface area contributed by atoms with Crippen molar-refractivity contribution in [2.75, 3.05) is 7.11 Å². The summed E-state index contributed by atoms with van der Waals surface area (Å²) in [6.07, 6.45) is -3.96. The van der Waals surface area contributed by atoms with E-state index in [4.69, 9.17) is 5.73 Å². The zero-order valence-electron chi connectivity index (χ0n) is 10.0. The van der Waals surface area contributed by atoms with E-state index in [1.165, 1.54) is 19.2 Å². The molecule has 0 spiro atoms. The van der Waals surface area contributed by atoms with Crippen molar-refractivity contribution >= 4 is 18.4 Å². The first-order valence-corrected chi connectivity index (χ1v) is 5.33. The van der Waals surface area contributed by atoms with Crippen LogP contribution in [-0.4, -0.2) is 18.6 Å². The van der Waals surface area contributed by atoms with Crippen LogP contribution in [0.3, 0.4) is 0 Å². The van der Waals surface area contributed by atoms with Crippen LogP contribution in [0.25, 0.3) is 0 Å². The van der Waals surface area contributed by atoms with Gasteiger partial charge in [0, 0.05) is 5.92 Å². The summed E-state index contributed by atoms with van der Waals surface area (Å²) in [6.45, 7) is 0. The summed E-state index contributed by atoms with van der Waals surface area (Å²) in [5, 5.41) is 0. The molecule has 0 aromatic heterocycles. The summed E-state index contributed by atoms with van der Waals surface area (Å²) in [5.74, 6) is -0.806. The maximum Gasteiger partial charge on any atom is 0.416 e. The minimum atomic E-state index is -4.36. The molecule has 7 heteroatoms. The number of nitrogens with two attached hydrogens (primary N) is 1. The van der Waals surface area contributed by atoms with E-state index in [9.17, 15) is 18.0 Å². The number of alkyl halides is 3. The molecule has 0 aliphatic heterocycles. The Kier molecular flexibility index (Phi) is 4.17. The molecule has 2 rings (SSSR count). The smallest absolute Gasteiger partial charge is 0.416 e. The van der Waals surface area contributed by atoms with Crippen LogP contribution in [0.15, 0.2) is 24.3 Å². The lowest BCUT2D eigenvalue weighted by Crippen LogP contribution is -2.35. The number of esters is 1. The number of benzene rings is 1. The summed E-state index contributed by atoms with van der Waals surface area (Å²) < 4.78 is 41.7. The van der Waals surface area contributed by atoms with Crippen molar-refractivity contribution in [3.05, 3.63) is 35.4 Å². The van der Waals surface area contributed by atoms with E-state index < -0.39 is 23.2 Å². The van der Waals surface area contributed by atoms with Crippen LogP contribution in [0.5, 0.6) is 0 Å². The van der Waals surface area contributed by atoms with Crippen molar-refractivity contribution in [2.24, 2.45) is 5.73 Å². The van der Waals surface area contributed by atoms with Gasteiger partial charge < -0.3 is 10.5 Å². The summed E-state index contributed by atoms with van der Waals surface area (Å²) in [7, 11) is 1.24. The largest absolute Gasteiger partial charge is 0.468 e. The maximum absolute atomic E-state index is 12.4. The van der Waals surface area contributed by atoms with Crippen LogP contribution in [0.1, 0.15) is 23.5 Å². The van der Waals surface area contributed by atoms with E-state index in [0.29, 0.717) is 12.0 Å². The molecule has 0 bridgehead atoms. The summed E-state index contributed by atoms with van der Waals surface area (Å²) in [5.41, 5.74) is 4.62. The number of hydrogen-bond acceptors (Lipinski definition) is 3. The Hall–Kier alpha value is -1.27. The molecule has 1 saturated carbocycles. The molecule has 1 aromatic carbocycles. The Morgan fingerprint density at radius 2 is 1.89 bits per heavy atom. The van der Waals surface area contributed by atoms with Gasteiger partial charge in [-0.2, -0.15) is 13.2 Å². The second-order valence-corrected chi connectivity index (χ2v) is 4.41. The number of hydrogen-bond donors (Lipinski definition) is 1. The van der Waals surface area contributed by atoms with E-state index >= 15 is 0 Å². The SMILES string of the molecule is COC(=O)C1(N)CC1c1ccc(C(F)(F)F)cc1.Cl. The first kappa shape index (κ1) is 15.8. The lowest BCUT2D eigenvalue weighted by atomic mass is 10.0. The molecule has 3 nitrogen and oxygen atoms in total. The van der Waals surface area contributed by atoms with Crippen molar-refractivity contribution in [3.8, 4) is 0 Å². The van der Waals surface area contributed by atoms with Crippen molar-refractivity contribution in [1.29, 1.82) is 0 Å². The lowest BCUT2D eigenvalue weighted by molar-refractivity contribution is -0.143. The minimum absolute atomic E-state index is 0. The number of rotatable bonds is 2. The van der Waals surface area contributed by atoms with E-state index in [-0.39, 0.29) is 18.3 Å². The summed E-state index contributed by atoms with van der Waals surface area (Å²) >= 11 is 0. The summed E-state index contributed by atoms with van der Waals surface area (Å²) in [4.78, 5) is 11.4. The van der Waals surface area contributed by atoms with Gasteiger partial charge in [-0.1, -0.05) is 12.1 Å². The highest BCUT2D eigenvalue weighted by Gasteiger charge is 2.58. The molecule has 0 heterocycles. The van der Waals surface area contributed by atoms with Gasteiger partial charge in [0.2, 0.25) is 0 Å². The quantitative estimate of drug-likeness (QED) is 0.853. The first-order valence-electron chi connectivity index (χ1n) is 5.33. The van der Waals surface area contributed by atoms with E-state index in [1.807, 2.05) is 0 Å². The molecule has 19 heavy (non-hydrogen) atoms. The highest BCUT2D eigenvalue weighted by Crippen LogP contribution is 2.50. The van der Waals surface area contributed by atoms with Crippen LogP contribution in [0.4, 0.5) is 13.2 Å². The van der Waals surface area contributed by atoms with Crippen molar-refractivity contribution in [3.63, 3.8) is 0 Å². The minimum Gasteiger partial charge on any atom is -0.468 e. The molecule has 2 N–H and O–H groups in total. The average Bonchev–Trinajstić information content (AvgIpc) is 3.01.